The van der Waals surface area contributed by atoms with Crippen LogP contribution < -0.4 is 10.1 Å². The summed E-state index contributed by atoms with van der Waals surface area (Å²) in [4.78, 5) is 24.6. The largest absolute Gasteiger partial charge is 0.484 e. The molecule has 3 atom stereocenters. The summed E-state index contributed by atoms with van der Waals surface area (Å²) in [5.74, 6) is 0.911. The monoisotopic (exact) mass is 383 g/mol. The Morgan fingerprint density at radius 2 is 1.61 bits per heavy atom. The van der Waals surface area contributed by atoms with Crippen molar-refractivity contribution in [2.24, 2.45) is 11.8 Å². The molecule has 148 valence electrons. The lowest BCUT2D eigenvalue weighted by atomic mass is 9.78. The van der Waals surface area contributed by atoms with Crippen LogP contribution in [-0.2, 0) is 4.79 Å². The maximum absolute atomic E-state index is 13.0. The van der Waals surface area contributed by atoms with Crippen molar-refractivity contribution in [2.45, 2.75) is 39.2 Å². The van der Waals surface area contributed by atoms with E-state index in [0.717, 1.165) is 12.8 Å². The Labute approximate surface area is 165 Å². The Hall–Kier alpha value is -2.69. The summed E-state index contributed by atoms with van der Waals surface area (Å²) < 4.78 is 18.5. The molecule has 1 amide bonds. The van der Waals surface area contributed by atoms with Crippen LogP contribution in [0.25, 0.3) is 0 Å². The van der Waals surface area contributed by atoms with Crippen molar-refractivity contribution in [1.82, 2.24) is 5.32 Å². The first kappa shape index (κ1) is 20.1. The number of nitrogens with one attached hydrogen (secondary N) is 1. The molecule has 0 aromatic heterocycles. The Balaban J connectivity index is 1.52. The number of amides is 1. The molecule has 0 radical (unpaired) electrons. The first-order chi connectivity index (χ1) is 13.4. The van der Waals surface area contributed by atoms with Crippen LogP contribution in [0, 0.1) is 17.7 Å². The lowest BCUT2D eigenvalue weighted by molar-refractivity contribution is -0.124. The molecule has 1 aliphatic carbocycles. The third kappa shape index (κ3) is 4.97. The molecule has 0 spiro atoms. The van der Waals surface area contributed by atoms with Crippen molar-refractivity contribution in [3.05, 3.63) is 65.5 Å². The molecule has 5 heteroatoms. The summed E-state index contributed by atoms with van der Waals surface area (Å²) in [6.45, 7) is 4.36. The topological polar surface area (TPSA) is 55.4 Å². The Morgan fingerprint density at radius 1 is 1.00 bits per heavy atom. The van der Waals surface area contributed by atoms with Gasteiger partial charge in [0.15, 0.2) is 12.4 Å². The van der Waals surface area contributed by atoms with Gasteiger partial charge in [-0.3, -0.25) is 9.59 Å². The van der Waals surface area contributed by atoms with Gasteiger partial charge < -0.3 is 10.1 Å². The van der Waals surface area contributed by atoms with Gasteiger partial charge >= 0.3 is 0 Å². The minimum absolute atomic E-state index is 0.0527. The quantitative estimate of drug-likeness (QED) is 0.754. The number of hydrogen-bond acceptors (Lipinski definition) is 3. The van der Waals surface area contributed by atoms with E-state index in [9.17, 15) is 14.0 Å². The third-order valence-electron chi connectivity index (χ3n) is 5.65. The van der Waals surface area contributed by atoms with Gasteiger partial charge in [0.25, 0.3) is 5.91 Å². The molecule has 0 aliphatic heterocycles. The van der Waals surface area contributed by atoms with Crippen molar-refractivity contribution in [1.29, 1.82) is 0 Å². The van der Waals surface area contributed by atoms with E-state index in [2.05, 4.69) is 19.2 Å². The molecule has 0 unspecified atom stereocenters. The fourth-order valence-electron chi connectivity index (χ4n) is 3.65. The van der Waals surface area contributed by atoms with E-state index in [1.54, 1.807) is 24.3 Å². The van der Waals surface area contributed by atoms with Crippen LogP contribution in [0.5, 0.6) is 5.75 Å². The van der Waals surface area contributed by atoms with Gasteiger partial charge in [-0.15, -0.1) is 0 Å². The molecule has 1 fully saturated rings. The van der Waals surface area contributed by atoms with E-state index in [0.29, 0.717) is 28.7 Å². The van der Waals surface area contributed by atoms with E-state index in [1.807, 2.05) is 0 Å². The van der Waals surface area contributed by atoms with Gasteiger partial charge in [-0.1, -0.05) is 26.7 Å². The van der Waals surface area contributed by atoms with Gasteiger partial charge in [0.2, 0.25) is 0 Å². The van der Waals surface area contributed by atoms with Crippen molar-refractivity contribution >= 4 is 11.7 Å². The van der Waals surface area contributed by atoms with Crippen LogP contribution >= 0.6 is 0 Å². The molecule has 0 bridgehead atoms. The lowest BCUT2D eigenvalue weighted by Gasteiger charge is -2.34. The highest BCUT2D eigenvalue weighted by Crippen LogP contribution is 2.29. The molecule has 1 N–H and O–H groups in total. The van der Waals surface area contributed by atoms with Crippen LogP contribution in [-0.4, -0.2) is 24.3 Å². The fraction of sp³-hybridized carbons (Fsp3) is 0.391. The van der Waals surface area contributed by atoms with Crippen molar-refractivity contribution < 1.29 is 18.7 Å². The minimum Gasteiger partial charge on any atom is -0.484 e. The summed E-state index contributed by atoms with van der Waals surface area (Å²) in [6, 6.07) is 12.3. The molecular formula is C23H26FNO3. The van der Waals surface area contributed by atoms with Gasteiger partial charge in [-0.05, 0) is 66.8 Å². The van der Waals surface area contributed by atoms with Crippen LogP contribution in [0.1, 0.15) is 49.0 Å². The van der Waals surface area contributed by atoms with E-state index in [4.69, 9.17) is 4.74 Å². The summed E-state index contributed by atoms with van der Waals surface area (Å²) in [7, 11) is 0. The third-order valence-corrected chi connectivity index (χ3v) is 5.65. The number of carbonyl (C=O) groups is 2. The van der Waals surface area contributed by atoms with E-state index < -0.39 is 0 Å². The summed E-state index contributed by atoms with van der Waals surface area (Å²) in [5.41, 5.74) is 0.902. The molecule has 3 rings (SSSR count). The number of ketones is 1. The average Bonchev–Trinajstić information content (AvgIpc) is 2.70. The molecule has 4 nitrogen and oxygen atoms in total. The average molecular weight is 383 g/mol. The lowest BCUT2D eigenvalue weighted by Crippen LogP contribution is -2.45. The fourth-order valence-corrected chi connectivity index (χ4v) is 3.65. The van der Waals surface area contributed by atoms with Crippen LogP contribution in [0.4, 0.5) is 4.39 Å². The zero-order valence-electron chi connectivity index (χ0n) is 16.3. The Morgan fingerprint density at radius 3 is 2.25 bits per heavy atom. The van der Waals surface area contributed by atoms with Crippen LogP contribution in [0.2, 0.25) is 0 Å². The van der Waals surface area contributed by atoms with Gasteiger partial charge in [-0.2, -0.15) is 0 Å². The standard InChI is InChI=1S/C23H26FNO3/c1-15-4-3-5-21(16(15)2)25-22(26)14-28-20-12-8-18(9-13-20)23(27)17-6-10-19(24)11-7-17/h6-13,15-16,21H,3-5,14H2,1-2H3,(H,25,26)/t15-,16+,21+/m1/s1. The number of rotatable bonds is 6. The molecule has 28 heavy (non-hydrogen) atoms. The van der Waals surface area contributed by atoms with Crippen molar-refractivity contribution in [3.8, 4) is 5.75 Å². The highest BCUT2D eigenvalue weighted by molar-refractivity contribution is 6.09. The second-order valence-electron chi connectivity index (χ2n) is 7.59. The van der Waals surface area contributed by atoms with Crippen LogP contribution in [0.3, 0.4) is 0 Å². The van der Waals surface area contributed by atoms with Gasteiger partial charge in [-0.25, -0.2) is 4.39 Å². The maximum Gasteiger partial charge on any atom is 0.258 e. The predicted octanol–water partition coefficient (Wildman–Crippen LogP) is 4.38. The highest BCUT2D eigenvalue weighted by atomic mass is 19.1. The number of carbonyl (C=O) groups excluding carboxylic acids is 2. The molecule has 0 saturated heterocycles. The molecule has 2 aromatic carbocycles. The number of benzene rings is 2. The second-order valence-corrected chi connectivity index (χ2v) is 7.59. The zero-order chi connectivity index (χ0) is 20.1. The van der Waals surface area contributed by atoms with Gasteiger partial charge in [0.1, 0.15) is 11.6 Å². The van der Waals surface area contributed by atoms with Crippen molar-refractivity contribution in [3.63, 3.8) is 0 Å². The molecule has 2 aromatic rings. The molecule has 0 heterocycles. The molecule has 1 saturated carbocycles. The minimum atomic E-state index is -0.379. The molecular weight excluding hydrogens is 357 g/mol. The number of hydrogen-bond donors (Lipinski definition) is 1. The van der Waals surface area contributed by atoms with Crippen molar-refractivity contribution in [2.75, 3.05) is 6.61 Å². The SMILES string of the molecule is C[C@H]1[C@H](C)CCC[C@@H]1NC(=O)COc1ccc(C(=O)c2ccc(F)cc2)cc1. The van der Waals surface area contributed by atoms with E-state index in [-0.39, 0.29) is 30.2 Å². The second kappa shape index (κ2) is 9.00. The molecule has 1 aliphatic rings. The summed E-state index contributed by atoms with van der Waals surface area (Å²) >= 11 is 0. The predicted molar refractivity (Wildman–Crippen MR) is 106 cm³/mol. The maximum atomic E-state index is 13.0. The summed E-state index contributed by atoms with van der Waals surface area (Å²) in [5, 5.41) is 3.08. The first-order valence-corrected chi connectivity index (χ1v) is 9.76. The number of ether oxygens (including phenoxy) is 1. The van der Waals surface area contributed by atoms with E-state index >= 15 is 0 Å². The highest BCUT2D eigenvalue weighted by Gasteiger charge is 2.28. The smallest absolute Gasteiger partial charge is 0.258 e. The zero-order valence-corrected chi connectivity index (χ0v) is 16.3. The Kier molecular flexibility index (Phi) is 6.45. The Bertz CT molecular complexity index is 817. The number of halogens is 1. The summed E-state index contributed by atoms with van der Waals surface area (Å²) in [6.07, 6.45) is 3.37. The van der Waals surface area contributed by atoms with Crippen LogP contribution in [0.15, 0.2) is 48.5 Å². The first-order valence-electron chi connectivity index (χ1n) is 9.76. The van der Waals surface area contributed by atoms with E-state index in [1.165, 1.54) is 30.7 Å². The normalized spacial score (nSPS) is 21.8. The van der Waals surface area contributed by atoms with Gasteiger partial charge in [0, 0.05) is 17.2 Å². The van der Waals surface area contributed by atoms with Gasteiger partial charge in [0.05, 0.1) is 0 Å².